The highest BCUT2D eigenvalue weighted by molar-refractivity contribution is 5.68. The number of aryl methyl sites for hydroxylation is 1. The van der Waals surface area contributed by atoms with Gasteiger partial charge >= 0.3 is 12.1 Å². The van der Waals surface area contributed by atoms with Gasteiger partial charge in [-0.25, -0.2) is 9.18 Å². The Morgan fingerprint density at radius 2 is 1.94 bits per heavy atom. The number of carbonyl (C=O) groups excluding carboxylic acids is 1. The molecule has 0 aliphatic carbocycles. The third-order valence-corrected chi connectivity index (χ3v) is 5.33. The topological polar surface area (TPSA) is 56.6 Å². The third-order valence-electron chi connectivity index (χ3n) is 5.33. The number of imidazole rings is 1. The Balaban J connectivity index is 1.67. The molecule has 0 radical (unpaired) electrons. The minimum atomic E-state index is -0.562. The minimum Gasteiger partial charge on any atom is -0.444 e. The molecule has 0 unspecified atom stereocenters. The van der Waals surface area contributed by atoms with Crippen LogP contribution in [0.15, 0.2) is 48.5 Å². The van der Waals surface area contributed by atoms with E-state index in [2.05, 4.69) is 19.1 Å². The lowest BCUT2D eigenvalue weighted by atomic mass is 10.1. The summed E-state index contributed by atoms with van der Waals surface area (Å²) >= 11 is 0. The van der Waals surface area contributed by atoms with Gasteiger partial charge < -0.3 is 14.4 Å². The number of aromatic nitrogens is 2. The first-order valence-corrected chi connectivity index (χ1v) is 10.7. The smallest absolute Gasteiger partial charge is 0.410 e. The van der Waals surface area contributed by atoms with Gasteiger partial charge in [0.05, 0.1) is 18.8 Å². The SMILES string of the molecule is Cc1ccccc1Cn1c(Oc2cccc(F)c2)nc2c1CCN(C(=O)OC(C)(C)C)C2. The molecule has 7 heteroatoms. The van der Waals surface area contributed by atoms with Crippen LogP contribution in [0, 0.1) is 12.7 Å². The van der Waals surface area contributed by atoms with Gasteiger partial charge in [-0.05, 0) is 51.0 Å². The predicted molar refractivity (Wildman–Crippen MR) is 119 cm³/mol. The molecule has 1 aromatic heterocycles. The lowest BCUT2D eigenvalue weighted by Gasteiger charge is -2.30. The Bertz CT molecular complexity index is 1130. The second-order valence-corrected chi connectivity index (χ2v) is 9.01. The van der Waals surface area contributed by atoms with Crippen LogP contribution in [0.4, 0.5) is 9.18 Å². The van der Waals surface area contributed by atoms with E-state index in [-0.39, 0.29) is 11.9 Å². The van der Waals surface area contributed by atoms with E-state index in [9.17, 15) is 9.18 Å². The summed E-state index contributed by atoms with van der Waals surface area (Å²) in [7, 11) is 0. The highest BCUT2D eigenvalue weighted by Gasteiger charge is 2.30. The molecule has 1 amide bonds. The fourth-order valence-electron chi connectivity index (χ4n) is 3.74. The Kier molecular flexibility index (Phi) is 5.91. The number of fused-ring (bicyclic) bond motifs is 1. The molecule has 1 aliphatic rings. The van der Waals surface area contributed by atoms with Gasteiger partial charge in [0.2, 0.25) is 0 Å². The molecule has 4 rings (SSSR count). The van der Waals surface area contributed by atoms with Gasteiger partial charge in [-0.1, -0.05) is 30.3 Å². The van der Waals surface area contributed by atoms with Gasteiger partial charge in [0, 0.05) is 24.7 Å². The summed E-state index contributed by atoms with van der Waals surface area (Å²) in [6.45, 7) is 9.06. The van der Waals surface area contributed by atoms with Crippen LogP contribution in [-0.4, -0.2) is 32.7 Å². The molecule has 0 saturated heterocycles. The second-order valence-electron chi connectivity index (χ2n) is 9.01. The van der Waals surface area contributed by atoms with Crippen molar-refractivity contribution in [1.29, 1.82) is 0 Å². The highest BCUT2D eigenvalue weighted by atomic mass is 19.1. The van der Waals surface area contributed by atoms with Crippen LogP contribution in [0.2, 0.25) is 0 Å². The van der Waals surface area contributed by atoms with Crippen molar-refractivity contribution in [3.05, 3.63) is 76.9 Å². The number of nitrogens with zero attached hydrogens (tertiary/aromatic N) is 3. The normalized spacial score (nSPS) is 13.6. The molecule has 168 valence electrons. The van der Waals surface area contributed by atoms with E-state index in [1.54, 1.807) is 17.0 Å². The summed E-state index contributed by atoms with van der Waals surface area (Å²) in [5.41, 5.74) is 3.53. The van der Waals surface area contributed by atoms with Crippen LogP contribution in [0.5, 0.6) is 11.8 Å². The first-order valence-electron chi connectivity index (χ1n) is 10.7. The third kappa shape index (κ3) is 4.93. The molecule has 1 aliphatic heterocycles. The molecule has 2 heterocycles. The maximum absolute atomic E-state index is 13.7. The molecule has 6 nitrogen and oxygen atoms in total. The summed E-state index contributed by atoms with van der Waals surface area (Å²) in [5.74, 6) is 0.00255. The van der Waals surface area contributed by atoms with Gasteiger partial charge in [0.1, 0.15) is 17.2 Å². The molecule has 0 spiro atoms. The summed E-state index contributed by atoms with van der Waals surface area (Å²) < 4.78 is 27.3. The van der Waals surface area contributed by atoms with Crippen LogP contribution < -0.4 is 4.74 Å². The number of rotatable bonds is 4. The number of hydrogen-bond donors (Lipinski definition) is 0. The molecule has 32 heavy (non-hydrogen) atoms. The minimum absolute atomic E-state index is 0.338. The van der Waals surface area contributed by atoms with Crippen molar-refractivity contribution in [2.24, 2.45) is 0 Å². The molecule has 3 aromatic rings. The van der Waals surface area contributed by atoms with Crippen LogP contribution in [-0.2, 0) is 24.2 Å². The van der Waals surface area contributed by atoms with Crippen molar-refractivity contribution < 1.29 is 18.7 Å². The molecule has 0 atom stereocenters. The zero-order valence-corrected chi connectivity index (χ0v) is 18.9. The van der Waals surface area contributed by atoms with Crippen molar-refractivity contribution in [2.45, 2.75) is 52.8 Å². The fraction of sp³-hybridized carbons (Fsp3) is 0.360. The summed E-state index contributed by atoms with van der Waals surface area (Å²) in [4.78, 5) is 18.9. The van der Waals surface area contributed by atoms with Crippen molar-refractivity contribution in [2.75, 3.05) is 6.54 Å². The first kappa shape index (κ1) is 21.9. The van der Waals surface area contributed by atoms with E-state index in [4.69, 9.17) is 14.5 Å². The van der Waals surface area contributed by atoms with Crippen molar-refractivity contribution >= 4 is 6.09 Å². The number of amides is 1. The molecule has 2 aromatic carbocycles. The van der Waals surface area contributed by atoms with Gasteiger partial charge in [-0.3, -0.25) is 4.57 Å². The van der Waals surface area contributed by atoms with Gasteiger partial charge in [-0.15, -0.1) is 0 Å². The van der Waals surface area contributed by atoms with E-state index in [0.29, 0.717) is 37.8 Å². The standard InChI is InChI=1S/C25H28FN3O3/c1-17-8-5-6-9-18(17)15-29-22-12-13-28(24(30)32-25(2,3)4)16-21(22)27-23(29)31-20-11-7-10-19(26)14-20/h5-11,14H,12-13,15-16H2,1-4H3. The van der Waals surface area contributed by atoms with Crippen molar-refractivity contribution in [3.63, 3.8) is 0 Å². The van der Waals surface area contributed by atoms with E-state index < -0.39 is 5.60 Å². The van der Waals surface area contributed by atoms with Gasteiger partial charge in [-0.2, -0.15) is 4.98 Å². The predicted octanol–water partition coefficient (Wildman–Crippen LogP) is 5.46. The number of hydrogen-bond acceptors (Lipinski definition) is 4. The van der Waals surface area contributed by atoms with Gasteiger partial charge in [0.25, 0.3) is 0 Å². The Hall–Kier alpha value is -3.35. The first-order chi connectivity index (χ1) is 15.2. The van der Waals surface area contributed by atoms with Crippen LogP contribution in [0.1, 0.15) is 43.3 Å². The zero-order valence-electron chi connectivity index (χ0n) is 18.9. The lowest BCUT2D eigenvalue weighted by Crippen LogP contribution is -2.40. The summed E-state index contributed by atoms with van der Waals surface area (Å²) in [5, 5.41) is 0. The van der Waals surface area contributed by atoms with Gasteiger partial charge in [0.15, 0.2) is 0 Å². The summed E-state index contributed by atoms with van der Waals surface area (Å²) in [6.07, 6.45) is 0.268. The average molecular weight is 438 g/mol. The monoisotopic (exact) mass is 437 g/mol. The van der Waals surface area contributed by atoms with Crippen molar-refractivity contribution in [1.82, 2.24) is 14.5 Å². The number of benzene rings is 2. The fourth-order valence-corrected chi connectivity index (χ4v) is 3.74. The molecule has 0 bridgehead atoms. The van der Waals surface area contributed by atoms with Crippen molar-refractivity contribution in [3.8, 4) is 11.8 Å². The molecule has 0 saturated carbocycles. The van der Waals surface area contributed by atoms with E-state index in [1.807, 2.05) is 37.5 Å². The highest BCUT2D eigenvalue weighted by Crippen LogP contribution is 2.30. The van der Waals surface area contributed by atoms with E-state index >= 15 is 0 Å². The molecular formula is C25H28FN3O3. The largest absolute Gasteiger partial charge is 0.444 e. The summed E-state index contributed by atoms with van der Waals surface area (Å²) in [6, 6.07) is 14.5. The Morgan fingerprint density at radius 3 is 2.66 bits per heavy atom. The van der Waals surface area contributed by atoms with E-state index in [1.165, 1.54) is 12.1 Å². The number of halogens is 1. The number of carbonyl (C=O) groups is 1. The van der Waals surface area contributed by atoms with Crippen LogP contribution >= 0.6 is 0 Å². The average Bonchev–Trinajstić information content (AvgIpc) is 3.04. The lowest BCUT2D eigenvalue weighted by molar-refractivity contribution is 0.0220. The van der Waals surface area contributed by atoms with Crippen LogP contribution in [0.25, 0.3) is 0 Å². The second kappa shape index (κ2) is 8.65. The molecule has 0 N–H and O–H groups in total. The Morgan fingerprint density at radius 1 is 1.16 bits per heavy atom. The van der Waals surface area contributed by atoms with E-state index in [0.717, 1.165) is 22.5 Å². The molecule has 0 fully saturated rings. The Labute approximate surface area is 187 Å². The number of ether oxygens (including phenoxy) is 2. The molecular weight excluding hydrogens is 409 g/mol. The van der Waals surface area contributed by atoms with Crippen LogP contribution in [0.3, 0.4) is 0 Å². The quantitative estimate of drug-likeness (QED) is 0.544. The maximum Gasteiger partial charge on any atom is 0.410 e. The maximum atomic E-state index is 13.7. The zero-order chi connectivity index (χ0) is 22.9.